The first kappa shape index (κ1) is 13.0. The van der Waals surface area contributed by atoms with E-state index in [4.69, 9.17) is 4.74 Å². The quantitative estimate of drug-likeness (QED) is 0.780. The number of hydrogen-bond acceptors (Lipinski definition) is 3. The lowest BCUT2D eigenvalue weighted by Gasteiger charge is -1.99. The Bertz CT molecular complexity index is 665. The van der Waals surface area contributed by atoms with E-state index in [0.717, 1.165) is 22.2 Å². The number of pyridine rings is 1. The zero-order valence-corrected chi connectivity index (χ0v) is 10.6. The minimum absolute atomic E-state index is 0. The highest BCUT2D eigenvalue weighted by Gasteiger charge is 2.05. The Hall–Kier alpha value is -2.40. The van der Waals surface area contributed by atoms with Crippen molar-refractivity contribution in [3.8, 4) is 17.1 Å². The maximum atomic E-state index is 5.36. The highest BCUT2D eigenvalue weighted by Crippen LogP contribution is 2.24. The maximum Gasteiger partial charge on any atom is 0.294 e. The van der Waals surface area contributed by atoms with Crippen molar-refractivity contribution in [2.75, 3.05) is 6.61 Å². The van der Waals surface area contributed by atoms with E-state index in [1.807, 2.05) is 31.2 Å². The molecule has 1 aromatic carbocycles. The Morgan fingerprint density at radius 2 is 1.89 bits per heavy atom. The Morgan fingerprint density at radius 3 is 2.63 bits per heavy atom. The Balaban J connectivity index is 0.00000133. The number of ether oxygens (including phenoxy) is 1. The lowest BCUT2D eigenvalue weighted by molar-refractivity contribution is 0.317. The van der Waals surface area contributed by atoms with E-state index in [9.17, 15) is 0 Å². The van der Waals surface area contributed by atoms with Crippen LogP contribution in [0.15, 0.2) is 42.7 Å². The van der Waals surface area contributed by atoms with Crippen LogP contribution in [-0.2, 0) is 0 Å². The summed E-state index contributed by atoms with van der Waals surface area (Å²) < 4.78 is 5.36. The molecule has 5 nitrogen and oxygen atoms in total. The molecule has 19 heavy (non-hydrogen) atoms. The Labute approximate surface area is 110 Å². The number of nitrogens with one attached hydrogen (secondary N) is 1. The van der Waals surface area contributed by atoms with Crippen molar-refractivity contribution in [1.29, 1.82) is 0 Å². The van der Waals surface area contributed by atoms with E-state index >= 15 is 0 Å². The van der Waals surface area contributed by atoms with Gasteiger partial charge in [0.25, 0.3) is 6.01 Å². The number of fused-ring (bicyclic) bond motifs is 1. The third kappa shape index (κ3) is 2.56. The highest BCUT2D eigenvalue weighted by molar-refractivity contribution is 5.82. The SMILES string of the molecule is CCOc1nc2cc(-c3ccncc3)ccc2[nH]1.O. The fourth-order valence-corrected chi connectivity index (χ4v) is 1.91. The molecule has 0 fully saturated rings. The summed E-state index contributed by atoms with van der Waals surface area (Å²) in [5.41, 5.74) is 4.15. The molecule has 0 unspecified atom stereocenters. The van der Waals surface area contributed by atoms with Crippen LogP contribution in [0, 0.1) is 0 Å². The second kappa shape index (κ2) is 5.49. The van der Waals surface area contributed by atoms with Gasteiger partial charge in [0, 0.05) is 12.4 Å². The summed E-state index contributed by atoms with van der Waals surface area (Å²) in [6.07, 6.45) is 3.57. The van der Waals surface area contributed by atoms with Crippen LogP contribution in [0.1, 0.15) is 6.92 Å². The zero-order chi connectivity index (χ0) is 12.4. The van der Waals surface area contributed by atoms with Gasteiger partial charge in [-0.05, 0) is 42.3 Å². The second-order valence-corrected chi connectivity index (χ2v) is 3.94. The van der Waals surface area contributed by atoms with Crippen molar-refractivity contribution >= 4 is 11.0 Å². The molecule has 0 aliphatic heterocycles. The van der Waals surface area contributed by atoms with Crippen molar-refractivity contribution in [3.63, 3.8) is 0 Å². The molecule has 3 aromatic rings. The Morgan fingerprint density at radius 1 is 1.11 bits per heavy atom. The number of imidazole rings is 1. The molecule has 0 saturated heterocycles. The molecule has 0 amide bonds. The van der Waals surface area contributed by atoms with E-state index in [1.54, 1.807) is 12.4 Å². The van der Waals surface area contributed by atoms with Crippen molar-refractivity contribution in [2.24, 2.45) is 0 Å². The van der Waals surface area contributed by atoms with Gasteiger partial charge < -0.3 is 15.2 Å². The van der Waals surface area contributed by atoms with E-state index in [0.29, 0.717) is 12.6 Å². The first-order valence-corrected chi connectivity index (χ1v) is 5.90. The Kier molecular flexibility index (Phi) is 3.77. The van der Waals surface area contributed by atoms with E-state index in [2.05, 4.69) is 21.0 Å². The predicted molar refractivity (Wildman–Crippen MR) is 74.1 cm³/mol. The van der Waals surface area contributed by atoms with Crippen LogP contribution in [0.3, 0.4) is 0 Å². The molecule has 0 aliphatic rings. The summed E-state index contributed by atoms with van der Waals surface area (Å²) in [4.78, 5) is 11.5. The van der Waals surface area contributed by atoms with Crippen molar-refractivity contribution < 1.29 is 10.2 Å². The molecule has 3 N–H and O–H groups in total. The monoisotopic (exact) mass is 257 g/mol. The third-order valence-corrected chi connectivity index (χ3v) is 2.76. The molecule has 2 heterocycles. The van der Waals surface area contributed by atoms with Gasteiger partial charge in [-0.25, -0.2) is 0 Å². The van der Waals surface area contributed by atoms with Crippen LogP contribution in [0.25, 0.3) is 22.2 Å². The molecule has 2 aromatic heterocycles. The second-order valence-electron chi connectivity index (χ2n) is 3.94. The molecule has 3 rings (SSSR count). The zero-order valence-electron chi connectivity index (χ0n) is 10.6. The van der Waals surface area contributed by atoms with Gasteiger partial charge in [0.15, 0.2) is 0 Å². The van der Waals surface area contributed by atoms with Gasteiger partial charge in [-0.2, -0.15) is 4.98 Å². The van der Waals surface area contributed by atoms with Crippen molar-refractivity contribution in [2.45, 2.75) is 6.92 Å². The van der Waals surface area contributed by atoms with Crippen LogP contribution >= 0.6 is 0 Å². The molecule has 0 aliphatic carbocycles. The summed E-state index contributed by atoms with van der Waals surface area (Å²) in [5.74, 6) is 0. The number of hydrogen-bond donors (Lipinski definition) is 1. The number of nitrogens with zero attached hydrogens (tertiary/aromatic N) is 2. The minimum Gasteiger partial charge on any atom is -0.465 e. The maximum absolute atomic E-state index is 5.36. The van der Waals surface area contributed by atoms with Gasteiger partial charge in [-0.15, -0.1) is 0 Å². The van der Waals surface area contributed by atoms with Gasteiger partial charge in [-0.3, -0.25) is 4.98 Å². The lowest BCUT2D eigenvalue weighted by atomic mass is 10.1. The van der Waals surface area contributed by atoms with Crippen LogP contribution in [0.2, 0.25) is 0 Å². The molecule has 0 atom stereocenters. The van der Waals surface area contributed by atoms with Gasteiger partial charge >= 0.3 is 0 Å². The molecule has 0 saturated carbocycles. The molecule has 0 radical (unpaired) electrons. The van der Waals surface area contributed by atoms with E-state index < -0.39 is 0 Å². The molecule has 0 spiro atoms. The standard InChI is InChI=1S/C14H13N3O.H2O/c1-2-18-14-16-12-4-3-11(9-13(12)17-14)10-5-7-15-8-6-10;/h3-9H,2H2,1H3,(H,16,17);1H2. The smallest absolute Gasteiger partial charge is 0.294 e. The topological polar surface area (TPSA) is 82.3 Å². The van der Waals surface area contributed by atoms with Crippen LogP contribution < -0.4 is 4.74 Å². The number of aromatic nitrogens is 3. The number of aromatic amines is 1. The van der Waals surface area contributed by atoms with Gasteiger partial charge in [0.05, 0.1) is 17.6 Å². The van der Waals surface area contributed by atoms with Gasteiger partial charge in [0.2, 0.25) is 0 Å². The van der Waals surface area contributed by atoms with Crippen LogP contribution in [0.5, 0.6) is 6.01 Å². The number of benzene rings is 1. The van der Waals surface area contributed by atoms with Crippen LogP contribution in [0.4, 0.5) is 0 Å². The largest absolute Gasteiger partial charge is 0.465 e. The molecular weight excluding hydrogens is 242 g/mol. The van der Waals surface area contributed by atoms with Crippen molar-refractivity contribution in [3.05, 3.63) is 42.7 Å². The summed E-state index contributed by atoms with van der Waals surface area (Å²) in [6.45, 7) is 2.55. The van der Waals surface area contributed by atoms with E-state index in [-0.39, 0.29) is 5.48 Å². The molecular formula is C14H15N3O2. The molecule has 5 heteroatoms. The van der Waals surface area contributed by atoms with E-state index in [1.165, 1.54) is 0 Å². The van der Waals surface area contributed by atoms with Gasteiger partial charge in [-0.1, -0.05) is 6.07 Å². The van der Waals surface area contributed by atoms with Crippen LogP contribution in [-0.4, -0.2) is 27.0 Å². The number of rotatable bonds is 3. The third-order valence-electron chi connectivity index (χ3n) is 2.76. The fourth-order valence-electron chi connectivity index (χ4n) is 1.91. The summed E-state index contributed by atoms with van der Waals surface area (Å²) in [6, 6.07) is 10.7. The fraction of sp³-hybridized carbons (Fsp3) is 0.143. The average Bonchev–Trinajstić information content (AvgIpc) is 2.81. The summed E-state index contributed by atoms with van der Waals surface area (Å²) in [7, 11) is 0. The lowest BCUT2D eigenvalue weighted by Crippen LogP contribution is -1.92. The summed E-state index contributed by atoms with van der Waals surface area (Å²) in [5, 5.41) is 0. The normalized spacial score (nSPS) is 10.2. The summed E-state index contributed by atoms with van der Waals surface area (Å²) >= 11 is 0. The highest BCUT2D eigenvalue weighted by atomic mass is 16.5. The first-order valence-electron chi connectivity index (χ1n) is 5.90. The average molecular weight is 257 g/mol. The molecule has 0 bridgehead atoms. The predicted octanol–water partition coefficient (Wildman–Crippen LogP) is 2.20. The molecule has 98 valence electrons. The number of H-pyrrole nitrogens is 1. The van der Waals surface area contributed by atoms with Crippen molar-refractivity contribution in [1.82, 2.24) is 15.0 Å². The minimum atomic E-state index is 0. The first-order chi connectivity index (χ1) is 8.86. The van der Waals surface area contributed by atoms with Gasteiger partial charge in [0.1, 0.15) is 0 Å².